The molecule has 0 radical (unpaired) electrons. The fourth-order valence-electron chi connectivity index (χ4n) is 2.60. The van der Waals surface area contributed by atoms with Crippen LogP contribution in [-0.4, -0.2) is 47.5 Å². The molecule has 1 fully saturated rings. The maximum atomic E-state index is 12.1. The normalized spacial score (nSPS) is 21.2. The van der Waals surface area contributed by atoms with Crippen molar-refractivity contribution in [2.75, 3.05) is 25.1 Å². The lowest BCUT2D eigenvalue weighted by Gasteiger charge is -2.19. The minimum absolute atomic E-state index is 0.0889. The molecule has 1 saturated heterocycles. The molecule has 1 aromatic carbocycles. The second-order valence-corrected chi connectivity index (χ2v) is 5.30. The van der Waals surface area contributed by atoms with Gasteiger partial charge in [0.2, 0.25) is 0 Å². The standard InChI is InChI=1S/C15H20N4O3/c1-3-22-14-8-21-7-12(14)18-15(20)17-10-4-5-13-11(6-10)16-9-19(13)2/h4-6,9,12,14H,3,7-8H2,1-2H3,(H2,17,18,20)/t12-,14-/m1/s1. The SMILES string of the molecule is CCO[C@@H]1COC[C@H]1NC(=O)Nc1ccc2c(c1)ncn2C. The van der Waals surface area contributed by atoms with Crippen LogP contribution >= 0.6 is 0 Å². The van der Waals surface area contributed by atoms with Crippen molar-refractivity contribution in [1.82, 2.24) is 14.9 Å². The number of hydrogen-bond donors (Lipinski definition) is 2. The number of aromatic nitrogens is 2. The zero-order valence-corrected chi connectivity index (χ0v) is 12.7. The smallest absolute Gasteiger partial charge is 0.319 e. The van der Waals surface area contributed by atoms with Gasteiger partial charge in [0.05, 0.1) is 36.6 Å². The third-order valence-corrected chi connectivity index (χ3v) is 3.71. The molecule has 0 bridgehead atoms. The molecule has 1 aromatic heterocycles. The summed E-state index contributed by atoms with van der Waals surface area (Å²) in [5.74, 6) is 0. The van der Waals surface area contributed by atoms with Gasteiger partial charge in [-0.25, -0.2) is 9.78 Å². The summed E-state index contributed by atoms with van der Waals surface area (Å²) in [4.78, 5) is 16.4. The van der Waals surface area contributed by atoms with Gasteiger partial charge in [0.25, 0.3) is 0 Å². The zero-order valence-electron chi connectivity index (χ0n) is 12.7. The molecule has 0 aliphatic carbocycles. The summed E-state index contributed by atoms with van der Waals surface area (Å²) in [6.07, 6.45) is 1.66. The number of urea groups is 1. The first-order chi connectivity index (χ1) is 10.7. The van der Waals surface area contributed by atoms with Crippen molar-refractivity contribution in [3.8, 4) is 0 Å². The number of nitrogens with zero attached hydrogens (tertiary/aromatic N) is 2. The van der Waals surface area contributed by atoms with Gasteiger partial charge in [-0.05, 0) is 25.1 Å². The highest BCUT2D eigenvalue weighted by atomic mass is 16.5. The summed E-state index contributed by atoms with van der Waals surface area (Å²) in [7, 11) is 1.93. The van der Waals surface area contributed by atoms with Crippen molar-refractivity contribution in [3.63, 3.8) is 0 Å². The van der Waals surface area contributed by atoms with Crippen molar-refractivity contribution in [3.05, 3.63) is 24.5 Å². The van der Waals surface area contributed by atoms with Crippen LogP contribution in [0.3, 0.4) is 0 Å². The maximum absolute atomic E-state index is 12.1. The molecule has 22 heavy (non-hydrogen) atoms. The molecule has 0 spiro atoms. The van der Waals surface area contributed by atoms with Crippen LogP contribution in [-0.2, 0) is 16.5 Å². The lowest BCUT2D eigenvalue weighted by molar-refractivity contribution is 0.0428. The maximum Gasteiger partial charge on any atom is 0.319 e. The first-order valence-electron chi connectivity index (χ1n) is 7.35. The Labute approximate surface area is 128 Å². The molecule has 7 nitrogen and oxygen atoms in total. The van der Waals surface area contributed by atoms with E-state index in [1.54, 1.807) is 6.33 Å². The Bertz CT molecular complexity index is 670. The number of ether oxygens (including phenoxy) is 2. The van der Waals surface area contributed by atoms with Gasteiger partial charge in [-0.15, -0.1) is 0 Å². The van der Waals surface area contributed by atoms with Gasteiger partial charge in [0.1, 0.15) is 6.10 Å². The number of anilines is 1. The van der Waals surface area contributed by atoms with Crippen LogP contribution in [0, 0.1) is 0 Å². The number of rotatable bonds is 4. The van der Waals surface area contributed by atoms with Gasteiger partial charge in [0.15, 0.2) is 0 Å². The van der Waals surface area contributed by atoms with Gasteiger partial charge in [-0.1, -0.05) is 0 Å². The Morgan fingerprint density at radius 2 is 2.36 bits per heavy atom. The second kappa shape index (κ2) is 6.33. The van der Waals surface area contributed by atoms with Gasteiger partial charge in [-0.2, -0.15) is 0 Å². The fraction of sp³-hybridized carbons (Fsp3) is 0.467. The molecule has 2 aromatic rings. The first-order valence-corrected chi connectivity index (χ1v) is 7.35. The molecule has 118 valence electrons. The van der Waals surface area contributed by atoms with Crippen molar-refractivity contribution in [2.24, 2.45) is 7.05 Å². The fourth-order valence-corrected chi connectivity index (χ4v) is 2.60. The van der Waals surface area contributed by atoms with E-state index in [2.05, 4.69) is 15.6 Å². The first kappa shape index (κ1) is 14.8. The lowest BCUT2D eigenvalue weighted by atomic mass is 10.2. The molecule has 7 heteroatoms. The van der Waals surface area contributed by atoms with E-state index in [0.717, 1.165) is 11.0 Å². The van der Waals surface area contributed by atoms with Crippen LogP contribution in [0.4, 0.5) is 10.5 Å². The molecule has 0 unspecified atom stereocenters. The largest absolute Gasteiger partial charge is 0.376 e. The zero-order chi connectivity index (χ0) is 15.5. The summed E-state index contributed by atoms with van der Waals surface area (Å²) >= 11 is 0. The molecular formula is C15H20N4O3. The summed E-state index contributed by atoms with van der Waals surface area (Å²) < 4.78 is 12.8. The molecule has 1 aliphatic rings. The Morgan fingerprint density at radius 1 is 1.50 bits per heavy atom. The second-order valence-electron chi connectivity index (χ2n) is 5.30. The van der Waals surface area contributed by atoms with E-state index in [-0.39, 0.29) is 18.2 Å². The highest BCUT2D eigenvalue weighted by Gasteiger charge is 2.30. The van der Waals surface area contributed by atoms with E-state index in [9.17, 15) is 4.79 Å². The molecule has 1 aliphatic heterocycles. The van der Waals surface area contributed by atoms with Crippen molar-refractivity contribution in [1.29, 1.82) is 0 Å². The van der Waals surface area contributed by atoms with Crippen molar-refractivity contribution >= 4 is 22.8 Å². The molecular weight excluding hydrogens is 284 g/mol. The quantitative estimate of drug-likeness (QED) is 0.897. The number of fused-ring (bicyclic) bond motifs is 1. The highest BCUT2D eigenvalue weighted by molar-refractivity contribution is 5.92. The third-order valence-electron chi connectivity index (χ3n) is 3.71. The average molecular weight is 304 g/mol. The number of imidazole rings is 1. The number of carbonyl (C=O) groups excluding carboxylic acids is 1. The van der Waals surface area contributed by atoms with Crippen molar-refractivity contribution in [2.45, 2.75) is 19.1 Å². The average Bonchev–Trinajstić information content (AvgIpc) is 3.07. The monoisotopic (exact) mass is 304 g/mol. The minimum Gasteiger partial charge on any atom is -0.376 e. The van der Waals surface area contributed by atoms with Crippen LogP contribution in [0.5, 0.6) is 0 Å². The molecule has 2 N–H and O–H groups in total. The molecule has 3 rings (SSSR count). The van der Waals surface area contributed by atoms with E-state index in [4.69, 9.17) is 9.47 Å². The van der Waals surface area contributed by atoms with Gasteiger partial charge in [0, 0.05) is 19.3 Å². The Balaban J connectivity index is 1.62. The third kappa shape index (κ3) is 3.05. The molecule has 0 saturated carbocycles. The number of benzene rings is 1. The number of aryl methyl sites for hydroxylation is 1. The van der Waals surface area contributed by atoms with Crippen LogP contribution in [0.25, 0.3) is 11.0 Å². The molecule has 2 amide bonds. The van der Waals surface area contributed by atoms with Gasteiger partial charge in [-0.3, -0.25) is 0 Å². The van der Waals surface area contributed by atoms with Gasteiger partial charge < -0.3 is 24.7 Å². The number of carbonyl (C=O) groups is 1. The topological polar surface area (TPSA) is 77.4 Å². The van der Waals surface area contributed by atoms with Crippen LogP contribution in [0.15, 0.2) is 24.5 Å². The lowest BCUT2D eigenvalue weighted by Crippen LogP contribution is -2.45. The Kier molecular flexibility index (Phi) is 4.26. The Morgan fingerprint density at radius 3 is 3.18 bits per heavy atom. The summed E-state index contributed by atoms with van der Waals surface area (Å²) in [5.41, 5.74) is 2.57. The molecule has 2 atom stereocenters. The van der Waals surface area contributed by atoms with E-state index >= 15 is 0 Å². The van der Waals surface area contributed by atoms with E-state index in [1.807, 2.05) is 36.7 Å². The number of hydrogen-bond acceptors (Lipinski definition) is 4. The van der Waals surface area contributed by atoms with Crippen LogP contribution in [0.2, 0.25) is 0 Å². The predicted molar refractivity (Wildman–Crippen MR) is 82.9 cm³/mol. The van der Waals surface area contributed by atoms with Crippen LogP contribution in [0.1, 0.15) is 6.92 Å². The van der Waals surface area contributed by atoms with E-state index in [0.29, 0.717) is 25.5 Å². The van der Waals surface area contributed by atoms with Crippen molar-refractivity contribution < 1.29 is 14.3 Å². The summed E-state index contributed by atoms with van der Waals surface area (Å²) in [6.45, 7) is 3.51. The number of amides is 2. The summed E-state index contributed by atoms with van der Waals surface area (Å²) in [6, 6.07) is 5.24. The minimum atomic E-state index is -0.268. The Hall–Kier alpha value is -2.12. The molecule has 2 heterocycles. The highest BCUT2D eigenvalue weighted by Crippen LogP contribution is 2.17. The summed E-state index contributed by atoms with van der Waals surface area (Å²) in [5, 5.41) is 5.71. The van der Waals surface area contributed by atoms with Crippen LogP contribution < -0.4 is 10.6 Å². The van der Waals surface area contributed by atoms with E-state index < -0.39 is 0 Å². The van der Waals surface area contributed by atoms with E-state index in [1.165, 1.54) is 0 Å². The predicted octanol–water partition coefficient (Wildman–Crippen LogP) is 1.50. The van der Waals surface area contributed by atoms with Gasteiger partial charge >= 0.3 is 6.03 Å². The number of nitrogens with one attached hydrogen (secondary N) is 2.